The van der Waals surface area contributed by atoms with Crippen LogP contribution in [0.4, 0.5) is 15.9 Å². The Balaban J connectivity index is 1.61. The third kappa shape index (κ3) is 4.09. The molecule has 3 aromatic heterocycles. The van der Waals surface area contributed by atoms with Gasteiger partial charge in [-0.2, -0.15) is 10.2 Å². The summed E-state index contributed by atoms with van der Waals surface area (Å²) in [6.45, 7) is 0. The number of aromatic amines is 1. The monoisotopic (exact) mass is 460 g/mol. The smallest absolute Gasteiger partial charge is 0.346 e. The summed E-state index contributed by atoms with van der Waals surface area (Å²) < 4.78 is 14.7. The van der Waals surface area contributed by atoms with E-state index in [4.69, 9.17) is 28.9 Å². The van der Waals surface area contributed by atoms with Crippen molar-refractivity contribution in [1.82, 2.24) is 29.9 Å². The summed E-state index contributed by atoms with van der Waals surface area (Å²) >= 11 is 12.4. The van der Waals surface area contributed by atoms with E-state index in [1.165, 1.54) is 35.5 Å². The molecule has 0 saturated carbocycles. The normalized spacial score (nSPS) is 10.8. The van der Waals surface area contributed by atoms with Gasteiger partial charge in [0.05, 0.1) is 39.9 Å². The molecule has 31 heavy (non-hydrogen) atoms. The van der Waals surface area contributed by atoms with Gasteiger partial charge in [0.2, 0.25) is 0 Å². The number of aromatic nitrogens is 6. The Labute approximate surface area is 182 Å². The predicted octanol–water partition coefficient (Wildman–Crippen LogP) is 2.69. The van der Waals surface area contributed by atoms with Crippen molar-refractivity contribution in [2.75, 3.05) is 11.1 Å². The summed E-state index contributed by atoms with van der Waals surface area (Å²) in [6, 6.07) is 3.61. The van der Waals surface area contributed by atoms with Gasteiger partial charge in [0.15, 0.2) is 5.82 Å². The molecule has 0 radical (unpaired) electrons. The minimum atomic E-state index is -0.786. The zero-order valence-corrected chi connectivity index (χ0v) is 16.8. The molecular weight excluding hydrogens is 450 g/mol. The van der Waals surface area contributed by atoms with Crippen LogP contribution in [0.25, 0.3) is 16.9 Å². The number of halogens is 3. The molecule has 13 heteroatoms. The van der Waals surface area contributed by atoms with Gasteiger partial charge >= 0.3 is 5.69 Å². The number of hydrogen-bond donors (Lipinski definition) is 3. The molecule has 0 saturated heterocycles. The molecule has 4 aromatic rings. The van der Waals surface area contributed by atoms with Gasteiger partial charge in [0, 0.05) is 17.3 Å². The van der Waals surface area contributed by atoms with E-state index < -0.39 is 17.4 Å². The van der Waals surface area contributed by atoms with Gasteiger partial charge in [0.1, 0.15) is 11.6 Å². The molecular formula is C18H11Cl2FN8O2. The fourth-order valence-corrected chi connectivity index (χ4v) is 3.21. The highest BCUT2D eigenvalue weighted by molar-refractivity contribution is 6.35. The number of carbonyl (C=O) groups excluding carboxylic acids is 1. The quantitative estimate of drug-likeness (QED) is 0.424. The van der Waals surface area contributed by atoms with E-state index in [2.05, 4.69) is 30.5 Å². The molecule has 1 amide bonds. The van der Waals surface area contributed by atoms with E-state index in [0.717, 1.165) is 12.3 Å². The number of pyridine rings is 1. The number of anilines is 2. The van der Waals surface area contributed by atoms with E-state index in [9.17, 15) is 14.0 Å². The van der Waals surface area contributed by atoms with Crippen LogP contribution < -0.4 is 16.7 Å². The van der Waals surface area contributed by atoms with Crippen LogP contribution >= 0.6 is 23.2 Å². The number of nitrogens with two attached hydrogens (primary N) is 1. The molecule has 3 heterocycles. The maximum absolute atomic E-state index is 14.7. The van der Waals surface area contributed by atoms with Gasteiger partial charge in [-0.3, -0.25) is 9.78 Å². The molecule has 0 atom stereocenters. The number of nitrogen functional groups attached to an aromatic ring is 1. The number of rotatable bonds is 4. The largest absolute Gasteiger partial charge is 0.385 e. The predicted molar refractivity (Wildman–Crippen MR) is 112 cm³/mol. The summed E-state index contributed by atoms with van der Waals surface area (Å²) in [4.78, 5) is 35.0. The minimum absolute atomic E-state index is 0.0245. The number of benzene rings is 1. The molecule has 156 valence electrons. The van der Waals surface area contributed by atoms with Crippen molar-refractivity contribution in [3.63, 3.8) is 0 Å². The Kier molecular flexibility index (Phi) is 5.36. The van der Waals surface area contributed by atoms with E-state index in [-0.39, 0.29) is 44.1 Å². The molecule has 0 fully saturated rings. The molecule has 4 N–H and O–H groups in total. The number of carbonyl (C=O) groups is 1. The third-order valence-corrected chi connectivity index (χ3v) is 4.71. The van der Waals surface area contributed by atoms with E-state index >= 15 is 0 Å². The van der Waals surface area contributed by atoms with Crippen LogP contribution in [0.15, 0.2) is 47.8 Å². The van der Waals surface area contributed by atoms with Gasteiger partial charge in [-0.1, -0.05) is 23.2 Å². The number of amides is 1. The van der Waals surface area contributed by atoms with Crippen LogP contribution in [0, 0.1) is 5.82 Å². The Morgan fingerprint density at radius 1 is 1.06 bits per heavy atom. The van der Waals surface area contributed by atoms with Crippen LogP contribution in [-0.4, -0.2) is 35.9 Å². The molecule has 1 aromatic carbocycles. The second kappa shape index (κ2) is 8.13. The summed E-state index contributed by atoms with van der Waals surface area (Å²) in [6.07, 6.45) is 5.38. The number of nitrogens with zero attached hydrogens (tertiary/aromatic N) is 5. The zero-order valence-electron chi connectivity index (χ0n) is 15.3. The maximum Gasteiger partial charge on any atom is 0.346 e. The first-order valence-corrected chi connectivity index (χ1v) is 9.27. The fourth-order valence-electron chi connectivity index (χ4n) is 2.72. The average Bonchev–Trinajstić information content (AvgIpc) is 3.24. The van der Waals surface area contributed by atoms with Gasteiger partial charge in [-0.15, -0.1) is 4.80 Å². The van der Waals surface area contributed by atoms with Crippen molar-refractivity contribution in [3.8, 4) is 16.9 Å². The van der Waals surface area contributed by atoms with Crippen LogP contribution in [0.2, 0.25) is 10.0 Å². The second-order valence-electron chi connectivity index (χ2n) is 6.13. The van der Waals surface area contributed by atoms with Crippen molar-refractivity contribution >= 4 is 40.6 Å². The highest BCUT2D eigenvalue weighted by Gasteiger charge is 2.18. The first kappa shape index (κ1) is 20.4. The van der Waals surface area contributed by atoms with Gasteiger partial charge in [-0.25, -0.2) is 19.2 Å². The summed E-state index contributed by atoms with van der Waals surface area (Å²) in [7, 11) is 0. The Morgan fingerprint density at radius 2 is 1.81 bits per heavy atom. The Bertz CT molecular complexity index is 1360. The number of H-pyrrole nitrogens is 1. The lowest BCUT2D eigenvalue weighted by molar-refractivity contribution is 0.102. The molecule has 0 spiro atoms. The van der Waals surface area contributed by atoms with Crippen molar-refractivity contribution in [1.29, 1.82) is 0 Å². The van der Waals surface area contributed by atoms with Crippen LogP contribution in [0.3, 0.4) is 0 Å². The maximum atomic E-state index is 14.7. The van der Waals surface area contributed by atoms with E-state index in [1.807, 2.05) is 0 Å². The van der Waals surface area contributed by atoms with Crippen LogP contribution in [0.5, 0.6) is 0 Å². The minimum Gasteiger partial charge on any atom is -0.385 e. The lowest BCUT2D eigenvalue weighted by Crippen LogP contribution is -2.15. The SMILES string of the molecule is Nc1[nH]c(=O)ncc1-c1cc(Cl)c(C(=O)Nc2cnc(-n3nccn3)c(Cl)c2)cc1F. The molecule has 0 aliphatic heterocycles. The molecule has 4 rings (SSSR count). The number of hydrogen-bond acceptors (Lipinski definition) is 7. The van der Waals surface area contributed by atoms with Crippen molar-refractivity contribution in [3.05, 3.63) is 74.9 Å². The Hall–Kier alpha value is -3.83. The highest BCUT2D eigenvalue weighted by Crippen LogP contribution is 2.31. The van der Waals surface area contributed by atoms with E-state index in [1.54, 1.807) is 0 Å². The zero-order chi connectivity index (χ0) is 22.1. The topological polar surface area (TPSA) is 144 Å². The van der Waals surface area contributed by atoms with Crippen LogP contribution in [-0.2, 0) is 0 Å². The van der Waals surface area contributed by atoms with Gasteiger partial charge < -0.3 is 11.1 Å². The van der Waals surface area contributed by atoms with Gasteiger partial charge in [0.25, 0.3) is 5.91 Å². The molecule has 0 aliphatic carbocycles. The van der Waals surface area contributed by atoms with Crippen molar-refractivity contribution in [2.45, 2.75) is 0 Å². The third-order valence-electron chi connectivity index (χ3n) is 4.12. The van der Waals surface area contributed by atoms with E-state index in [0.29, 0.717) is 0 Å². The highest BCUT2D eigenvalue weighted by atomic mass is 35.5. The number of nitrogens with one attached hydrogen (secondary N) is 2. The van der Waals surface area contributed by atoms with Gasteiger partial charge in [-0.05, 0) is 18.2 Å². The summed E-state index contributed by atoms with van der Waals surface area (Å²) in [5.74, 6) is -1.29. The Morgan fingerprint density at radius 3 is 2.48 bits per heavy atom. The second-order valence-corrected chi connectivity index (χ2v) is 6.94. The fraction of sp³-hybridized carbons (Fsp3) is 0. The molecule has 0 aliphatic rings. The molecule has 0 bridgehead atoms. The lowest BCUT2D eigenvalue weighted by atomic mass is 10.0. The molecule has 10 nitrogen and oxygen atoms in total. The van der Waals surface area contributed by atoms with Crippen molar-refractivity contribution in [2.24, 2.45) is 0 Å². The first-order valence-electron chi connectivity index (χ1n) is 8.51. The average molecular weight is 461 g/mol. The summed E-state index contributed by atoms with van der Waals surface area (Å²) in [5.41, 5.74) is 5.27. The van der Waals surface area contributed by atoms with Crippen molar-refractivity contribution < 1.29 is 9.18 Å². The molecule has 0 unspecified atom stereocenters. The van der Waals surface area contributed by atoms with Crippen LogP contribution in [0.1, 0.15) is 10.4 Å². The summed E-state index contributed by atoms with van der Waals surface area (Å²) in [5, 5.41) is 10.5. The lowest BCUT2D eigenvalue weighted by Gasteiger charge is -2.11. The first-order chi connectivity index (χ1) is 14.8. The standard InChI is InChI=1S/C18H11Cl2FN8O2/c19-12-4-9(11-7-24-18(31)28-15(11)22)14(21)5-10(12)17(30)27-8-3-13(20)16(23-6-8)29-25-1-2-26-29/h1-7H,(H,27,30)(H3,22,24,28,31).